The molecule has 1 saturated heterocycles. The average molecular weight is 321 g/mol. The van der Waals surface area contributed by atoms with Gasteiger partial charge in [0.1, 0.15) is 0 Å². The van der Waals surface area contributed by atoms with Gasteiger partial charge in [-0.1, -0.05) is 36.9 Å². The average Bonchev–Trinajstić information content (AvgIpc) is 2.60. The maximum atomic E-state index is 5.93. The van der Waals surface area contributed by atoms with Gasteiger partial charge in [-0.15, -0.1) is 0 Å². The molecule has 1 aromatic carbocycles. The van der Waals surface area contributed by atoms with E-state index >= 15 is 0 Å². The molecule has 0 aromatic heterocycles. The minimum atomic E-state index is -2.40. The van der Waals surface area contributed by atoms with E-state index in [1.807, 2.05) is 18.2 Å². The van der Waals surface area contributed by atoms with Crippen LogP contribution in [-0.4, -0.2) is 60.5 Å². The topological polar surface area (TPSA) is 30.9 Å². The SMILES string of the molecule is C=Cc1ccccc1[Si](CCCN1CCOCC1)(OC)OC. The molecule has 0 spiro atoms. The molecule has 0 N–H and O–H groups in total. The van der Waals surface area contributed by atoms with Gasteiger partial charge < -0.3 is 13.6 Å². The van der Waals surface area contributed by atoms with Crippen molar-refractivity contribution in [2.24, 2.45) is 0 Å². The number of benzene rings is 1. The molecule has 0 aliphatic carbocycles. The Morgan fingerprint density at radius 1 is 1.23 bits per heavy atom. The summed E-state index contributed by atoms with van der Waals surface area (Å²) in [6.07, 6.45) is 2.95. The molecule has 2 rings (SSSR count). The molecule has 1 aliphatic rings. The predicted molar refractivity (Wildman–Crippen MR) is 92.6 cm³/mol. The van der Waals surface area contributed by atoms with Crippen molar-refractivity contribution >= 4 is 19.8 Å². The van der Waals surface area contributed by atoms with Gasteiger partial charge in [0.2, 0.25) is 0 Å². The van der Waals surface area contributed by atoms with E-state index in [4.69, 9.17) is 13.6 Å². The van der Waals surface area contributed by atoms with E-state index in [-0.39, 0.29) is 0 Å². The van der Waals surface area contributed by atoms with Gasteiger partial charge in [0, 0.05) is 32.5 Å². The Morgan fingerprint density at radius 3 is 2.55 bits per heavy atom. The van der Waals surface area contributed by atoms with Crippen LogP contribution in [0.5, 0.6) is 0 Å². The zero-order valence-corrected chi connectivity index (χ0v) is 14.7. The van der Waals surface area contributed by atoms with E-state index in [0.717, 1.165) is 50.9 Å². The fourth-order valence-corrected chi connectivity index (χ4v) is 5.91. The lowest BCUT2D eigenvalue weighted by atomic mass is 10.2. The van der Waals surface area contributed by atoms with Gasteiger partial charge in [0.05, 0.1) is 13.2 Å². The molecule has 1 aliphatic heterocycles. The van der Waals surface area contributed by atoms with E-state index in [9.17, 15) is 0 Å². The highest BCUT2D eigenvalue weighted by atomic mass is 28.4. The number of nitrogens with zero attached hydrogens (tertiary/aromatic N) is 1. The van der Waals surface area contributed by atoms with E-state index in [1.54, 1.807) is 14.2 Å². The molecule has 22 heavy (non-hydrogen) atoms. The lowest BCUT2D eigenvalue weighted by molar-refractivity contribution is 0.0377. The zero-order valence-electron chi connectivity index (χ0n) is 13.7. The molecular weight excluding hydrogens is 294 g/mol. The fourth-order valence-electron chi connectivity index (χ4n) is 3.02. The Morgan fingerprint density at radius 2 is 1.91 bits per heavy atom. The monoisotopic (exact) mass is 321 g/mol. The fraction of sp³-hybridized carbons (Fsp3) is 0.529. The molecule has 1 heterocycles. The van der Waals surface area contributed by atoms with Crippen LogP contribution in [0.15, 0.2) is 30.8 Å². The maximum Gasteiger partial charge on any atom is 0.372 e. The van der Waals surface area contributed by atoms with Gasteiger partial charge in [-0.05, 0) is 24.6 Å². The van der Waals surface area contributed by atoms with Crippen molar-refractivity contribution in [1.29, 1.82) is 0 Å². The second-order valence-corrected chi connectivity index (χ2v) is 8.87. The Balaban J connectivity index is 2.05. The van der Waals surface area contributed by atoms with Crippen molar-refractivity contribution in [2.45, 2.75) is 12.5 Å². The van der Waals surface area contributed by atoms with E-state index < -0.39 is 8.56 Å². The Hall–Kier alpha value is -0.983. The van der Waals surface area contributed by atoms with Gasteiger partial charge in [-0.25, -0.2) is 0 Å². The van der Waals surface area contributed by atoms with Crippen LogP contribution in [0.2, 0.25) is 6.04 Å². The number of rotatable bonds is 8. The predicted octanol–water partition coefficient (Wildman–Crippen LogP) is 1.99. The highest BCUT2D eigenvalue weighted by molar-refractivity contribution is 6.81. The molecule has 5 heteroatoms. The molecular formula is C17H27NO3Si. The quantitative estimate of drug-likeness (QED) is 0.685. The van der Waals surface area contributed by atoms with Crippen LogP contribution in [0.25, 0.3) is 6.08 Å². The summed E-state index contributed by atoms with van der Waals surface area (Å²) in [4.78, 5) is 2.45. The van der Waals surface area contributed by atoms with Crippen molar-refractivity contribution in [3.05, 3.63) is 36.4 Å². The first kappa shape index (κ1) is 17.4. The summed E-state index contributed by atoms with van der Waals surface area (Å²) < 4.78 is 17.3. The van der Waals surface area contributed by atoms with Crippen LogP contribution in [0.3, 0.4) is 0 Å². The molecule has 0 amide bonds. The van der Waals surface area contributed by atoms with Crippen molar-refractivity contribution in [3.63, 3.8) is 0 Å². The lowest BCUT2D eigenvalue weighted by Gasteiger charge is -2.31. The molecule has 0 atom stereocenters. The lowest BCUT2D eigenvalue weighted by Crippen LogP contribution is -2.53. The number of hydrogen-bond acceptors (Lipinski definition) is 4. The van der Waals surface area contributed by atoms with Crippen molar-refractivity contribution in [3.8, 4) is 0 Å². The van der Waals surface area contributed by atoms with E-state index in [2.05, 4.69) is 23.6 Å². The Kier molecular flexibility index (Phi) is 6.79. The smallest absolute Gasteiger partial charge is 0.372 e. The third-order valence-corrected chi connectivity index (χ3v) is 7.94. The summed E-state index contributed by atoms with van der Waals surface area (Å²) in [5.74, 6) is 0. The normalized spacial score (nSPS) is 16.6. The van der Waals surface area contributed by atoms with Gasteiger partial charge in [-0.2, -0.15) is 0 Å². The van der Waals surface area contributed by atoms with Crippen LogP contribution < -0.4 is 5.19 Å². The van der Waals surface area contributed by atoms with Crippen LogP contribution in [0, 0.1) is 0 Å². The first-order valence-electron chi connectivity index (χ1n) is 7.88. The first-order chi connectivity index (χ1) is 10.8. The van der Waals surface area contributed by atoms with Gasteiger partial charge in [0.25, 0.3) is 0 Å². The molecule has 122 valence electrons. The third kappa shape index (κ3) is 4.06. The third-order valence-electron chi connectivity index (χ3n) is 4.33. The molecule has 0 unspecified atom stereocenters. The second-order valence-electron chi connectivity index (χ2n) is 5.51. The largest absolute Gasteiger partial charge is 0.394 e. The molecule has 1 aromatic rings. The summed E-state index contributed by atoms with van der Waals surface area (Å²) in [6.45, 7) is 8.73. The summed E-state index contributed by atoms with van der Waals surface area (Å²) in [7, 11) is 1.14. The Labute approximate surface area is 134 Å². The molecule has 1 fully saturated rings. The Bertz CT molecular complexity index is 471. The molecule has 0 radical (unpaired) electrons. The van der Waals surface area contributed by atoms with Crippen LogP contribution in [-0.2, 0) is 13.6 Å². The summed E-state index contributed by atoms with van der Waals surface area (Å²) in [5.41, 5.74) is 1.12. The van der Waals surface area contributed by atoms with Crippen LogP contribution in [0.4, 0.5) is 0 Å². The van der Waals surface area contributed by atoms with Gasteiger partial charge in [-0.3, -0.25) is 4.90 Å². The van der Waals surface area contributed by atoms with E-state index in [1.165, 1.54) is 5.19 Å². The van der Waals surface area contributed by atoms with Crippen molar-refractivity contribution in [2.75, 3.05) is 47.1 Å². The summed E-state index contributed by atoms with van der Waals surface area (Å²) in [5, 5.41) is 1.18. The second kappa shape index (κ2) is 8.60. The minimum Gasteiger partial charge on any atom is -0.394 e. The first-order valence-corrected chi connectivity index (χ1v) is 9.90. The number of morpholine rings is 1. The standard InChI is InChI=1S/C17H27NO3Si/c1-4-16-8-5-6-9-17(16)22(19-2,20-3)15-7-10-18-11-13-21-14-12-18/h4-6,8-9H,1,7,10-15H2,2-3H3. The van der Waals surface area contributed by atoms with Crippen molar-refractivity contribution in [1.82, 2.24) is 4.90 Å². The maximum absolute atomic E-state index is 5.93. The van der Waals surface area contributed by atoms with Crippen LogP contribution >= 0.6 is 0 Å². The zero-order chi connectivity index (χ0) is 15.8. The van der Waals surface area contributed by atoms with Crippen LogP contribution in [0.1, 0.15) is 12.0 Å². The van der Waals surface area contributed by atoms with Gasteiger partial charge >= 0.3 is 8.56 Å². The summed E-state index contributed by atoms with van der Waals surface area (Å²) >= 11 is 0. The van der Waals surface area contributed by atoms with E-state index in [0.29, 0.717) is 0 Å². The number of ether oxygens (including phenoxy) is 1. The highest BCUT2D eigenvalue weighted by Crippen LogP contribution is 2.18. The minimum absolute atomic E-state index is 0.844. The molecule has 4 nitrogen and oxygen atoms in total. The number of hydrogen-bond donors (Lipinski definition) is 0. The van der Waals surface area contributed by atoms with Crippen molar-refractivity contribution < 1.29 is 13.6 Å². The molecule has 0 bridgehead atoms. The highest BCUT2D eigenvalue weighted by Gasteiger charge is 2.39. The summed E-state index contributed by atoms with van der Waals surface area (Å²) in [6, 6.07) is 9.21. The molecule has 0 saturated carbocycles. The van der Waals surface area contributed by atoms with Gasteiger partial charge in [0.15, 0.2) is 0 Å².